The number of halogens is 3. The lowest BCUT2D eigenvalue weighted by Crippen LogP contribution is -2.52. The number of amidine groups is 1. The summed E-state index contributed by atoms with van der Waals surface area (Å²) in [6.45, 7) is 12.9. The molecule has 0 spiro atoms. The van der Waals surface area contributed by atoms with Gasteiger partial charge in [-0.3, -0.25) is 9.89 Å². The first-order valence-corrected chi connectivity index (χ1v) is 17.1. The number of carbonyl (C=O) groups is 1. The summed E-state index contributed by atoms with van der Waals surface area (Å²) in [7, 11) is 0. The van der Waals surface area contributed by atoms with Crippen LogP contribution in [0.1, 0.15) is 87.7 Å². The predicted octanol–water partition coefficient (Wildman–Crippen LogP) is 9.34. The van der Waals surface area contributed by atoms with Crippen molar-refractivity contribution < 1.29 is 9.53 Å². The third-order valence-corrected chi connectivity index (χ3v) is 9.98. The van der Waals surface area contributed by atoms with Crippen molar-refractivity contribution in [3.8, 4) is 5.75 Å². The molecule has 2 atom stereocenters. The second kappa shape index (κ2) is 14.6. The molecule has 3 aliphatic heterocycles. The van der Waals surface area contributed by atoms with Gasteiger partial charge in [-0.2, -0.15) is 0 Å². The minimum Gasteiger partial charge on any atom is -0.493 e. The van der Waals surface area contributed by atoms with Gasteiger partial charge in [0, 0.05) is 29.2 Å². The van der Waals surface area contributed by atoms with Gasteiger partial charge in [-0.1, -0.05) is 74.3 Å². The molecule has 9 heteroatoms. The van der Waals surface area contributed by atoms with Crippen LogP contribution in [0.15, 0.2) is 71.7 Å². The monoisotopic (exact) mass is 682 g/mol. The van der Waals surface area contributed by atoms with Crippen molar-refractivity contribution in [1.82, 2.24) is 14.7 Å². The smallest absolute Gasteiger partial charge is 0.326 e. The second-order valence-electron chi connectivity index (χ2n) is 13.5. The maximum atomic E-state index is 14.9. The van der Waals surface area contributed by atoms with Crippen molar-refractivity contribution in [3.63, 3.8) is 0 Å². The molecule has 0 N–H and O–H groups in total. The van der Waals surface area contributed by atoms with Crippen LogP contribution in [-0.4, -0.2) is 65.4 Å². The van der Waals surface area contributed by atoms with E-state index >= 15 is 0 Å². The molecule has 0 aromatic heterocycles. The van der Waals surface area contributed by atoms with Crippen molar-refractivity contribution in [2.75, 3.05) is 32.8 Å². The molecule has 3 aliphatic rings. The zero-order valence-electron chi connectivity index (χ0n) is 27.2. The maximum Gasteiger partial charge on any atom is 0.326 e. The third kappa shape index (κ3) is 7.21. The Morgan fingerprint density at radius 1 is 0.870 bits per heavy atom. The van der Waals surface area contributed by atoms with Gasteiger partial charge in [0.15, 0.2) is 0 Å². The molecule has 246 valence electrons. The number of aliphatic imine (C=N–C) groups is 1. The molecule has 3 aromatic rings. The van der Waals surface area contributed by atoms with E-state index in [1.54, 1.807) is 0 Å². The summed E-state index contributed by atoms with van der Waals surface area (Å²) in [6.07, 6.45) is 4.53. The number of amides is 2. The van der Waals surface area contributed by atoms with Crippen molar-refractivity contribution in [2.24, 2.45) is 4.99 Å². The summed E-state index contributed by atoms with van der Waals surface area (Å²) in [5.41, 5.74) is 3.89. The summed E-state index contributed by atoms with van der Waals surface area (Å²) in [5, 5.41) is 1.31. The Morgan fingerprint density at radius 3 is 2.02 bits per heavy atom. The van der Waals surface area contributed by atoms with Crippen molar-refractivity contribution in [3.05, 3.63) is 99.0 Å². The Balaban J connectivity index is 0.00000417. The van der Waals surface area contributed by atoms with E-state index in [1.807, 2.05) is 65.3 Å². The normalized spacial score (nSPS) is 20.9. The molecule has 0 aliphatic carbocycles. The Bertz CT molecular complexity index is 1520. The fraction of sp³-hybridized carbons (Fsp3) is 0.459. The summed E-state index contributed by atoms with van der Waals surface area (Å²) in [5.74, 6) is 1.37. The lowest BCUT2D eigenvalue weighted by atomic mass is 9.86. The molecule has 2 fully saturated rings. The van der Waals surface area contributed by atoms with Gasteiger partial charge in [-0.15, -0.1) is 12.4 Å². The SMILES string of the molecule is CCOc1cc(C(C)(C)C)ccc1C1=N[C@@H](c2ccc(Cl)cc2)[C@@H](c2ccc(Cl)cc2)N1C(=O)N1CCC(N2CCCC2)CC1.Cl. The van der Waals surface area contributed by atoms with Gasteiger partial charge in [0.1, 0.15) is 17.6 Å². The molecule has 6 rings (SSSR count). The number of carbonyl (C=O) groups excluding carboxylic acids is 1. The van der Waals surface area contributed by atoms with Gasteiger partial charge in [-0.05, 0) is 104 Å². The average Bonchev–Trinajstić information content (AvgIpc) is 3.71. The topological polar surface area (TPSA) is 48.4 Å². The van der Waals surface area contributed by atoms with Crippen LogP contribution in [0.2, 0.25) is 10.0 Å². The van der Waals surface area contributed by atoms with Gasteiger partial charge in [0.05, 0.1) is 18.2 Å². The van der Waals surface area contributed by atoms with E-state index in [0.717, 1.165) is 48.4 Å². The van der Waals surface area contributed by atoms with E-state index in [9.17, 15) is 4.79 Å². The molecule has 46 heavy (non-hydrogen) atoms. The molecule has 0 saturated carbocycles. The molecule has 6 nitrogen and oxygen atoms in total. The minimum atomic E-state index is -0.376. The average molecular weight is 684 g/mol. The van der Waals surface area contributed by atoms with Crippen LogP contribution in [0.25, 0.3) is 0 Å². The maximum absolute atomic E-state index is 14.9. The van der Waals surface area contributed by atoms with Gasteiger partial charge in [-0.25, -0.2) is 4.79 Å². The first kappa shape index (κ1) is 34.6. The summed E-state index contributed by atoms with van der Waals surface area (Å²) < 4.78 is 6.27. The number of piperidine rings is 1. The summed E-state index contributed by atoms with van der Waals surface area (Å²) in [4.78, 5) is 26.8. The van der Waals surface area contributed by atoms with Gasteiger partial charge >= 0.3 is 6.03 Å². The lowest BCUT2D eigenvalue weighted by molar-refractivity contribution is 0.117. The van der Waals surface area contributed by atoms with Crippen LogP contribution >= 0.6 is 35.6 Å². The molecule has 2 amide bonds. The second-order valence-corrected chi connectivity index (χ2v) is 14.3. The molecule has 3 heterocycles. The van der Waals surface area contributed by atoms with Crippen LogP contribution in [0.4, 0.5) is 4.79 Å². The number of urea groups is 1. The molecule has 0 bridgehead atoms. The van der Waals surface area contributed by atoms with Crippen molar-refractivity contribution in [1.29, 1.82) is 0 Å². The Morgan fingerprint density at radius 2 is 1.46 bits per heavy atom. The fourth-order valence-corrected chi connectivity index (χ4v) is 7.24. The fourth-order valence-electron chi connectivity index (χ4n) is 6.98. The largest absolute Gasteiger partial charge is 0.493 e. The van der Waals surface area contributed by atoms with E-state index in [1.165, 1.54) is 31.5 Å². The van der Waals surface area contributed by atoms with Crippen LogP contribution in [0, 0.1) is 0 Å². The van der Waals surface area contributed by atoms with Crippen molar-refractivity contribution in [2.45, 2.75) is 76.9 Å². The summed E-state index contributed by atoms with van der Waals surface area (Å²) in [6, 6.07) is 21.7. The van der Waals surface area contributed by atoms with Crippen LogP contribution in [0.5, 0.6) is 5.75 Å². The molecular weight excluding hydrogens is 639 g/mol. The van der Waals surface area contributed by atoms with E-state index in [-0.39, 0.29) is 35.9 Å². The highest BCUT2D eigenvalue weighted by atomic mass is 35.5. The van der Waals surface area contributed by atoms with E-state index in [2.05, 4.69) is 43.9 Å². The van der Waals surface area contributed by atoms with Crippen LogP contribution in [-0.2, 0) is 5.41 Å². The predicted molar refractivity (Wildman–Crippen MR) is 191 cm³/mol. The number of hydrogen-bond acceptors (Lipinski definition) is 4. The van der Waals surface area contributed by atoms with Gasteiger partial charge < -0.3 is 14.5 Å². The first-order chi connectivity index (χ1) is 21.6. The third-order valence-electron chi connectivity index (χ3n) is 9.48. The number of nitrogens with zero attached hydrogens (tertiary/aromatic N) is 4. The Hall–Kier alpha value is -2.77. The zero-order valence-corrected chi connectivity index (χ0v) is 29.5. The lowest BCUT2D eigenvalue weighted by Gasteiger charge is -2.40. The number of hydrogen-bond donors (Lipinski definition) is 0. The number of ether oxygens (including phenoxy) is 1. The summed E-state index contributed by atoms with van der Waals surface area (Å²) >= 11 is 12.7. The highest BCUT2D eigenvalue weighted by molar-refractivity contribution is 6.30. The number of likely N-dealkylation sites (tertiary alicyclic amines) is 2. The zero-order chi connectivity index (χ0) is 31.7. The van der Waals surface area contributed by atoms with Crippen molar-refractivity contribution >= 4 is 47.5 Å². The quantitative estimate of drug-likeness (QED) is 0.260. The number of rotatable bonds is 6. The molecule has 2 saturated heterocycles. The van der Waals surface area contributed by atoms with E-state index in [0.29, 0.717) is 28.5 Å². The van der Waals surface area contributed by atoms with E-state index < -0.39 is 0 Å². The molecule has 3 aromatic carbocycles. The van der Waals surface area contributed by atoms with Crippen LogP contribution < -0.4 is 4.74 Å². The Kier molecular flexibility index (Phi) is 10.9. The molecule has 0 radical (unpaired) electrons. The van der Waals surface area contributed by atoms with E-state index in [4.69, 9.17) is 32.9 Å². The highest BCUT2D eigenvalue weighted by Gasteiger charge is 2.45. The van der Waals surface area contributed by atoms with Gasteiger partial charge in [0.2, 0.25) is 0 Å². The number of benzene rings is 3. The minimum absolute atomic E-state index is 0. The van der Waals surface area contributed by atoms with Crippen LogP contribution in [0.3, 0.4) is 0 Å². The van der Waals surface area contributed by atoms with Gasteiger partial charge in [0.25, 0.3) is 0 Å². The first-order valence-electron chi connectivity index (χ1n) is 16.3. The molecular formula is C37H45Cl3N4O2. The standard InChI is InChI=1S/C37H44Cl2N4O2.ClH/c1-5-45-32-24-27(37(2,3)4)12-17-31(32)35-40-33(25-8-13-28(38)14-9-25)34(26-10-15-29(39)16-11-26)43(35)36(44)42-22-18-30(19-23-42)41-20-6-7-21-41;/h8-17,24,30,33-34H,5-7,18-23H2,1-4H3;1H/t33-,34+;/m0./s1. The molecule has 0 unspecified atom stereocenters. The Labute approximate surface area is 290 Å². The highest BCUT2D eigenvalue weighted by Crippen LogP contribution is 2.46.